The minimum Gasteiger partial charge on any atom is -0.497 e. The van der Waals surface area contributed by atoms with Gasteiger partial charge in [0.1, 0.15) is 11.6 Å². The third-order valence-corrected chi connectivity index (χ3v) is 4.11. The van der Waals surface area contributed by atoms with E-state index in [2.05, 4.69) is 0 Å². The van der Waals surface area contributed by atoms with Gasteiger partial charge in [-0.25, -0.2) is 4.39 Å². The third kappa shape index (κ3) is 5.87. The van der Waals surface area contributed by atoms with Crippen molar-refractivity contribution in [3.8, 4) is 5.75 Å². The molecule has 2 rings (SSSR count). The summed E-state index contributed by atoms with van der Waals surface area (Å²) in [5, 5.41) is 0. The summed E-state index contributed by atoms with van der Waals surface area (Å²) in [6, 6.07) is 14.2. The van der Waals surface area contributed by atoms with E-state index in [-0.39, 0.29) is 11.7 Å². The van der Waals surface area contributed by atoms with Crippen molar-refractivity contribution < 1.29 is 13.9 Å². The molecule has 2 aromatic carbocycles. The first-order valence-electron chi connectivity index (χ1n) is 8.35. The zero-order valence-corrected chi connectivity index (χ0v) is 15.0. The monoisotopic (exact) mass is 344 g/mol. The van der Waals surface area contributed by atoms with Crippen LogP contribution in [0.4, 0.5) is 4.39 Å². The highest BCUT2D eigenvalue weighted by Gasteiger charge is 2.14. The number of methoxy groups -OCH3 is 1. The van der Waals surface area contributed by atoms with E-state index >= 15 is 0 Å². The molecule has 0 aliphatic rings. The summed E-state index contributed by atoms with van der Waals surface area (Å²) in [6.45, 7) is 4.12. The topological polar surface area (TPSA) is 32.8 Å². The molecule has 0 saturated carbocycles. The van der Waals surface area contributed by atoms with Crippen LogP contribution in [0.25, 0.3) is 0 Å². The molecule has 25 heavy (non-hydrogen) atoms. The van der Waals surface area contributed by atoms with Gasteiger partial charge >= 0.3 is 0 Å². The molecule has 0 fully saturated rings. The Labute approximate surface area is 148 Å². The zero-order chi connectivity index (χ0) is 18.2. The fourth-order valence-electron chi connectivity index (χ4n) is 2.58. The second-order valence-electron chi connectivity index (χ2n) is 6.03. The van der Waals surface area contributed by atoms with Gasteiger partial charge in [0.25, 0.3) is 0 Å². The molecule has 0 aromatic heterocycles. The summed E-state index contributed by atoms with van der Waals surface area (Å²) >= 11 is 0. The van der Waals surface area contributed by atoms with Crippen LogP contribution in [0, 0.1) is 5.82 Å². The van der Waals surface area contributed by atoms with Crippen LogP contribution in [0.2, 0.25) is 0 Å². The van der Waals surface area contributed by atoms with Crippen LogP contribution in [0.1, 0.15) is 18.1 Å². The number of hydrogen-bond acceptors (Lipinski definition) is 3. The highest BCUT2D eigenvalue weighted by Crippen LogP contribution is 2.13. The molecule has 4 nitrogen and oxygen atoms in total. The van der Waals surface area contributed by atoms with Crippen molar-refractivity contribution in [1.29, 1.82) is 0 Å². The van der Waals surface area contributed by atoms with Crippen LogP contribution in [-0.2, 0) is 17.9 Å². The van der Waals surface area contributed by atoms with Crippen LogP contribution in [-0.4, -0.2) is 43.0 Å². The number of amides is 1. The highest BCUT2D eigenvalue weighted by atomic mass is 19.1. The summed E-state index contributed by atoms with van der Waals surface area (Å²) in [4.78, 5) is 16.2. The first kappa shape index (κ1) is 18.9. The molecular weight excluding hydrogens is 319 g/mol. The number of ether oxygens (including phenoxy) is 1. The number of rotatable bonds is 8. The van der Waals surface area contributed by atoms with Crippen molar-refractivity contribution in [3.05, 3.63) is 65.5 Å². The first-order valence-corrected chi connectivity index (χ1v) is 8.35. The maximum absolute atomic E-state index is 13.3. The standard InChI is InChI=1S/C20H25FN2O2/c1-4-23(14-17-6-5-7-18(21)12-17)15-20(24)22(2)13-16-8-10-19(25-3)11-9-16/h5-12H,4,13-15H2,1-3H3. The van der Waals surface area contributed by atoms with Crippen molar-refractivity contribution in [1.82, 2.24) is 9.80 Å². The average Bonchev–Trinajstić information content (AvgIpc) is 2.61. The van der Waals surface area contributed by atoms with E-state index in [0.717, 1.165) is 23.4 Å². The van der Waals surface area contributed by atoms with Gasteiger partial charge in [0, 0.05) is 20.1 Å². The van der Waals surface area contributed by atoms with Gasteiger partial charge in [-0.2, -0.15) is 0 Å². The molecule has 0 aliphatic carbocycles. The van der Waals surface area contributed by atoms with Gasteiger partial charge in [0.05, 0.1) is 13.7 Å². The third-order valence-electron chi connectivity index (χ3n) is 4.11. The molecule has 0 N–H and O–H groups in total. The normalized spacial score (nSPS) is 10.8. The van der Waals surface area contributed by atoms with E-state index < -0.39 is 0 Å². The summed E-state index contributed by atoms with van der Waals surface area (Å²) in [7, 11) is 3.42. The predicted octanol–water partition coefficient (Wildman–Crippen LogP) is 3.31. The van der Waals surface area contributed by atoms with Gasteiger partial charge in [-0.3, -0.25) is 9.69 Å². The molecule has 0 aliphatic heterocycles. The maximum atomic E-state index is 13.3. The van der Waals surface area contributed by atoms with Crippen LogP contribution in [0.15, 0.2) is 48.5 Å². The summed E-state index contributed by atoms with van der Waals surface area (Å²) in [6.07, 6.45) is 0. The number of carbonyl (C=O) groups is 1. The number of carbonyl (C=O) groups excluding carboxylic acids is 1. The number of nitrogens with zero attached hydrogens (tertiary/aromatic N) is 2. The largest absolute Gasteiger partial charge is 0.497 e. The fourth-order valence-corrected chi connectivity index (χ4v) is 2.58. The van der Waals surface area contributed by atoms with Crippen molar-refractivity contribution in [3.63, 3.8) is 0 Å². The lowest BCUT2D eigenvalue weighted by Gasteiger charge is -2.24. The molecule has 134 valence electrons. The van der Waals surface area contributed by atoms with Gasteiger partial charge < -0.3 is 9.64 Å². The number of benzene rings is 2. The summed E-state index contributed by atoms with van der Waals surface area (Å²) in [5.41, 5.74) is 1.91. The molecule has 0 atom stereocenters. The molecule has 0 radical (unpaired) electrons. The van der Waals surface area contributed by atoms with Gasteiger partial charge in [-0.1, -0.05) is 31.2 Å². The summed E-state index contributed by atoms with van der Waals surface area (Å²) < 4.78 is 18.4. The molecule has 0 heterocycles. The molecule has 0 unspecified atom stereocenters. The first-order chi connectivity index (χ1) is 12.0. The van der Waals surface area contributed by atoms with E-state index in [1.54, 1.807) is 25.1 Å². The Morgan fingerprint density at radius 1 is 1.08 bits per heavy atom. The second kappa shape index (κ2) is 9.18. The Kier molecular flexibility index (Phi) is 6.95. The Balaban J connectivity index is 1.91. The van der Waals surface area contributed by atoms with Crippen LogP contribution in [0.5, 0.6) is 5.75 Å². The molecule has 5 heteroatoms. The van der Waals surface area contributed by atoms with E-state index in [0.29, 0.717) is 19.6 Å². The number of hydrogen-bond donors (Lipinski definition) is 0. The number of halogens is 1. The van der Waals surface area contributed by atoms with E-state index in [1.165, 1.54) is 12.1 Å². The van der Waals surface area contributed by atoms with E-state index in [4.69, 9.17) is 4.74 Å². The van der Waals surface area contributed by atoms with Crippen molar-refractivity contribution in [2.45, 2.75) is 20.0 Å². The van der Waals surface area contributed by atoms with Gasteiger partial charge in [-0.15, -0.1) is 0 Å². The van der Waals surface area contributed by atoms with Crippen molar-refractivity contribution in [2.75, 3.05) is 27.2 Å². The quantitative estimate of drug-likeness (QED) is 0.736. The van der Waals surface area contributed by atoms with Crippen LogP contribution in [0.3, 0.4) is 0 Å². The SMILES string of the molecule is CCN(CC(=O)N(C)Cc1ccc(OC)cc1)Cc1cccc(F)c1. The smallest absolute Gasteiger partial charge is 0.236 e. The lowest BCUT2D eigenvalue weighted by atomic mass is 10.2. The highest BCUT2D eigenvalue weighted by molar-refractivity contribution is 5.78. The average molecular weight is 344 g/mol. The Hall–Kier alpha value is -2.40. The van der Waals surface area contributed by atoms with Crippen molar-refractivity contribution in [2.24, 2.45) is 0 Å². The van der Waals surface area contributed by atoms with Crippen LogP contribution >= 0.6 is 0 Å². The summed E-state index contributed by atoms with van der Waals surface area (Å²) in [5.74, 6) is 0.579. The molecule has 0 bridgehead atoms. The molecule has 2 aromatic rings. The Morgan fingerprint density at radius 3 is 2.40 bits per heavy atom. The van der Waals surface area contributed by atoms with Gasteiger partial charge in [0.15, 0.2) is 0 Å². The van der Waals surface area contributed by atoms with Crippen molar-refractivity contribution >= 4 is 5.91 Å². The molecule has 0 spiro atoms. The molecule has 1 amide bonds. The van der Waals surface area contributed by atoms with Crippen LogP contribution < -0.4 is 4.74 Å². The minimum absolute atomic E-state index is 0.0362. The lowest BCUT2D eigenvalue weighted by molar-refractivity contribution is -0.131. The molecule has 0 saturated heterocycles. The van der Waals surface area contributed by atoms with E-state index in [1.807, 2.05) is 42.2 Å². The number of likely N-dealkylation sites (N-methyl/N-ethyl adjacent to an activating group) is 2. The zero-order valence-electron chi connectivity index (χ0n) is 15.0. The molecular formula is C20H25FN2O2. The fraction of sp³-hybridized carbons (Fsp3) is 0.350. The predicted molar refractivity (Wildman–Crippen MR) is 96.8 cm³/mol. The Morgan fingerprint density at radius 2 is 1.80 bits per heavy atom. The Bertz CT molecular complexity index is 688. The van der Waals surface area contributed by atoms with E-state index in [9.17, 15) is 9.18 Å². The second-order valence-corrected chi connectivity index (χ2v) is 6.03. The maximum Gasteiger partial charge on any atom is 0.236 e. The minimum atomic E-state index is -0.253. The van der Waals surface area contributed by atoms with Gasteiger partial charge in [0.2, 0.25) is 5.91 Å². The van der Waals surface area contributed by atoms with Gasteiger partial charge in [-0.05, 0) is 41.9 Å². The lowest BCUT2D eigenvalue weighted by Crippen LogP contribution is -2.37.